The molecule has 1 aromatic rings. The van der Waals surface area contributed by atoms with Crippen molar-refractivity contribution in [3.8, 4) is 0 Å². The molecule has 0 spiro atoms. The average molecular weight is 443 g/mol. The molecule has 0 aliphatic carbocycles. The zero-order valence-electron chi connectivity index (χ0n) is 21.7. The molecular weight excluding hydrogens is 392 g/mol. The third kappa shape index (κ3) is 9.94. The van der Waals surface area contributed by atoms with E-state index in [1.165, 1.54) is 56.1 Å². The van der Waals surface area contributed by atoms with Gasteiger partial charge in [0.2, 0.25) is 0 Å². The molecule has 0 heterocycles. The van der Waals surface area contributed by atoms with Crippen LogP contribution in [0.15, 0.2) is 47.7 Å². The summed E-state index contributed by atoms with van der Waals surface area (Å²) in [5, 5.41) is 0. The molecule has 0 bridgehead atoms. The average Bonchev–Trinajstić information content (AvgIpc) is 2.73. The molecule has 0 aromatic heterocycles. The summed E-state index contributed by atoms with van der Waals surface area (Å²) in [5.41, 5.74) is 8.62. The molecule has 1 nitrogen and oxygen atoms in total. The zero-order chi connectivity index (χ0) is 23.1. The summed E-state index contributed by atoms with van der Waals surface area (Å²) >= 11 is 0. The first-order valence-corrected chi connectivity index (χ1v) is 15.1. The Hall–Kier alpha value is -1.08. The van der Waals surface area contributed by atoms with E-state index in [4.69, 9.17) is 4.43 Å². The third-order valence-electron chi connectivity index (χ3n) is 6.74. The summed E-state index contributed by atoms with van der Waals surface area (Å²) < 4.78 is 6.72. The van der Waals surface area contributed by atoms with Gasteiger partial charge in [-0.1, -0.05) is 91.6 Å². The summed E-state index contributed by atoms with van der Waals surface area (Å²) in [6.45, 7) is 17.5. The Labute approximate surface area is 195 Å². The largest absolute Gasteiger partial charge is 0.416 e. The van der Waals surface area contributed by atoms with Crippen molar-refractivity contribution in [2.45, 2.75) is 123 Å². The number of hydrogen-bond acceptors (Lipinski definition) is 1. The predicted octanol–water partition coefficient (Wildman–Crippen LogP) is 9.64. The van der Waals surface area contributed by atoms with Crippen LogP contribution in [0.1, 0.15) is 105 Å². The van der Waals surface area contributed by atoms with Gasteiger partial charge in [-0.15, -0.1) is 5.73 Å². The van der Waals surface area contributed by atoms with Crippen LogP contribution in [0.4, 0.5) is 0 Å². The van der Waals surface area contributed by atoms with Crippen molar-refractivity contribution in [1.82, 2.24) is 0 Å². The van der Waals surface area contributed by atoms with Crippen molar-refractivity contribution < 1.29 is 4.43 Å². The van der Waals surface area contributed by atoms with Gasteiger partial charge in [0.25, 0.3) is 0 Å². The van der Waals surface area contributed by atoms with Crippen molar-refractivity contribution in [2.75, 3.05) is 6.61 Å². The lowest BCUT2D eigenvalue weighted by Crippen LogP contribution is -2.47. The van der Waals surface area contributed by atoms with E-state index in [1.54, 1.807) is 0 Å². The smallest absolute Gasteiger partial charge is 0.200 e. The van der Waals surface area contributed by atoms with Crippen LogP contribution in [0.25, 0.3) is 0 Å². The van der Waals surface area contributed by atoms with Crippen molar-refractivity contribution in [1.29, 1.82) is 0 Å². The predicted molar refractivity (Wildman–Crippen MR) is 141 cm³/mol. The molecule has 176 valence electrons. The molecule has 1 rings (SSSR count). The van der Waals surface area contributed by atoms with Gasteiger partial charge in [-0.2, -0.15) is 0 Å². The lowest BCUT2D eigenvalue weighted by Gasteiger charge is -2.42. The van der Waals surface area contributed by atoms with E-state index in [9.17, 15) is 0 Å². The van der Waals surface area contributed by atoms with E-state index in [2.05, 4.69) is 90.6 Å². The van der Waals surface area contributed by atoms with Crippen LogP contribution in [-0.2, 0) is 10.8 Å². The zero-order valence-corrected chi connectivity index (χ0v) is 22.7. The molecular formula is C29H50OSi. The second kappa shape index (κ2) is 15.7. The van der Waals surface area contributed by atoms with Gasteiger partial charge in [0, 0.05) is 6.61 Å². The first-order chi connectivity index (χ1) is 14.8. The Morgan fingerprint density at radius 3 is 2.06 bits per heavy atom. The lowest BCUT2D eigenvalue weighted by molar-refractivity contribution is 0.268. The topological polar surface area (TPSA) is 9.23 Å². The van der Waals surface area contributed by atoms with Gasteiger partial charge in [-0.3, -0.25) is 0 Å². The third-order valence-corrected chi connectivity index (χ3v) is 12.9. The SMILES string of the molecule is CCCCC(=C=CCCc1ccccc1)CCCCCO[Si](C(C)C)(C(C)C)C(C)C. The summed E-state index contributed by atoms with van der Waals surface area (Å²) in [6.07, 6.45) is 13.1. The number of benzene rings is 1. The van der Waals surface area contributed by atoms with E-state index in [0.717, 1.165) is 19.4 Å². The quantitative estimate of drug-likeness (QED) is 0.141. The Balaban J connectivity index is 2.46. The first-order valence-electron chi connectivity index (χ1n) is 12.9. The Bertz CT molecular complexity index is 616. The number of hydrogen-bond donors (Lipinski definition) is 0. The van der Waals surface area contributed by atoms with Crippen LogP contribution in [0.5, 0.6) is 0 Å². The highest BCUT2D eigenvalue weighted by molar-refractivity contribution is 6.77. The molecule has 0 fully saturated rings. The van der Waals surface area contributed by atoms with Gasteiger partial charge in [-0.05, 0) is 78.8 Å². The summed E-state index contributed by atoms with van der Waals surface area (Å²) in [6, 6.07) is 10.8. The van der Waals surface area contributed by atoms with Crippen molar-refractivity contribution in [3.05, 3.63) is 53.3 Å². The summed E-state index contributed by atoms with van der Waals surface area (Å²) in [4.78, 5) is 0. The van der Waals surface area contributed by atoms with E-state index in [1.807, 2.05) is 0 Å². The van der Waals surface area contributed by atoms with Gasteiger partial charge in [-0.25, -0.2) is 0 Å². The maximum atomic E-state index is 6.72. The van der Waals surface area contributed by atoms with E-state index < -0.39 is 8.32 Å². The molecule has 0 atom stereocenters. The normalized spacial score (nSPS) is 11.9. The first kappa shape index (κ1) is 28.0. The lowest BCUT2D eigenvalue weighted by atomic mass is 10.0. The number of aryl methyl sites for hydroxylation is 1. The highest BCUT2D eigenvalue weighted by Gasteiger charge is 2.44. The van der Waals surface area contributed by atoms with Crippen molar-refractivity contribution >= 4 is 8.32 Å². The monoisotopic (exact) mass is 442 g/mol. The van der Waals surface area contributed by atoms with Crippen LogP contribution >= 0.6 is 0 Å². The van der Waals surface area contributed by atoms with Gasteiger partial charge in [0.1, 0.15) is 0 Å². The molecule has 0 saturated heterocycles. The van der Waals surface area contributed by atoms with Crippen molar-refractivity contribution in [2.24, 2.45) is 0 Å². The Kier molecular flexibility index (Phi) is 14.1. The molecule has 0 aliphatic rings. The van der Waals surface area contributed by atoms with E-state index in [-0.39, 0.29) is 0 Å². The maximum Gasteiger partial charge on any atom is 0.200 e. The van der Waals surface area contributed by atoms with E-state index >= 15 is 0 Å². The molecule has 0 aliphatic heterocycles. The van der Waals surface area contributed by atoms with Crippen LogP contribution in [-0.4, -0.2) is 14.9 Å². The second-order valence-electron chi connectivity index (χ2n) is 10.1. The van der Waals surface area contributed by atoms with Crippen LogP contribution in [0.3, 0.4) is 0 Å². The molecule has 0 radical (unpaired) electrons. The molecule has 2 heteroatoms. The highest BCUT2D eigenvalue weighted by atomic mass is 28.4. The minimum absolute atomic E-state index is 0.678. The van der Waals surface area contributed by atoms with Gasteiger partial charge < -0.3 is 4.43 Å². The highest BCUT2D eigenvalue weighted by Crippen LogP contribution is 2.42. The van der Waals surface area contributed by atoms with Crippen molar-refractivity contribution in [3.63, 3.8) is 0 Å². The molecule has 0 saturated carbocycles. The summed E-state index contributed by atoms with van der Waals surface area (Å²) in [7, 11) is -1.70. The maximum absolute atomic E-state index is 6.72. The Morgan fingerprint density at radius 1 is 0.871 bits per heavy atom. The molecule has 0 N–H and O–H groups in total. The fourth-order valence-corrected chi connectivity index (χ4v) is 10.6. The van der Waals surface area contributed by atoms with Gasteiger partial charge in [0.15, 0.2) is 8.32 Å². The number of allylic oxidation sites excluding steroid dienone is 1. The van der Waals surface area contributed by atoms with Gasteiger partial charge >= 0.3 is 0 Å². The van der Waals surface area contributed by atoms with Crippen LogP contribution < -0.4 is 0 Å². The number of rotatable bonds is 16. The summed E-state index contributed by atoms with van der Waals surface area (Å²) in [5.74, 6) is 0. The van der Waals surface area contributed by atoms with E-state index in [0.29, 0.717) is 16.6 Å². The molecule has 0 unspecified atom stereocenters. The molecule has 0 amide bonds. The van der Waals surface area contributed by atoms with Gasteiger partial charge in [0.05, 0.1) is 0 Å². The fraction of sp³-hybridized carbons (Fsp3) is 0.690. The minimum Gasteiger partial charge on any atom is -0.416 e. The minimum atomic E-state index is -1.70. The number of unbranched alkanes of at least 4 members (excludes halogenated alkanes) is 3. The fourth-order valence-electron chi connectivity index (χ4n) is 5.13. The second-order valence-corrected chi connectivity index (χ2v) is 15.5. The van der Waals surface area contributed by atoms with Crippen LogP contribution in [0, 0.1) is 0 Å². The standard InChI is InChI=1S/C29H50OSi/c1-8-9-18-28(22-15-16-23-29-19-12-10-13-20-29)21-14-11-17-24-30-31(25(2)3,26(4)5)27(6)7/h10,12-13,15,19-20,25-27H,8-9,11,14,16-18,21,23-24H2,1-7H3. The Morgan fingerprint density at radius 2 is 1.48 bits per heavy atom. The van der Waals surface area contributed by atoms with Crippen LogP contribution in [0.2, 0.25) is 16.6 Å². The molecule has 31 heavy (non-hydrogen) atoms. The molecule has 1 aromatic carbocycles.